The second-order valence-electron chi connectivity index (χ2n) is 4.91. The fourth-order valence-electron chi connectivity index (χ4n) is 2.02. The van der Waals surface area contributed by atoms with E-state index in [-0.39, 0.29) is 25.2 Å². The van der Waals surface area contributed by atoms with E-state index in [9.17, 15) is 13.6 Å². The smallest absolute Gasteiger partial charge is 0.140 e. The fourth-order valence-corrected chi connectivity index (χ4v) is 2.02. The van der Waals surface area contributed by atoms with Gasteiger partial charge in [-0.25, -0.2) is 8.78 Å². The van der Waals surface area contributed by atoms with E-state index in [0.29, 0.717) is 11.3 Å². The lowest BCUT2D eigenvalue weighted by Gasteiger charge is -2.06. The van der Waals surface area contributed by atoms with Crippen LogP contribution in [0.3, 0.4) is 0 Å². The average molecular weight is 290 g/mol. The standard InChI is InChI=1S/C17H16F2O2/c1-12-3-2-4-17(7-12)21-6-5-16(20)10-13-8-14(18)11-15(19)9-13/h2-4,7-9,11H,5-6,10H2,1H3. The monoisotopic (exact) mass is 290 g/mol. The zero-order chi connectivity index (χ0) is 15.2. The van der Waals surface area contributed by atoms with Crippen molar-refractivity contribution >= 4 is 5.78 Å². The normalized spacial score (nSPS) is 10.4. The molecule has 0 amide bonds. The van der Waals surface area contributed by atoms with E-state index in [4.69, 9.17) is 4.74 Å². The first kappa shape index (κ1) is 15.2. The summed E-state index contributed by atoms with van der Waals surface area (Å²) in [7, 11) is 0. The fraction of sp³-hybridized carbons (Fsp3) is 0.235. The summed E-state index contributed by atoms with van der Waals surface area (Å²) in [6, 6.07) is 10.7. The number of ketones is 1. The molecule has 0 radical (unpaired) electrons. The maximum Gasteiger partial charge on any atom is 0.140 e. The highest BCUT2D eigenvalue weighted by Crippen LogP contribution is 2.13. The van der Waals surface area contributed by atoms with Crippen LogP contribution in [0.1, 0.15) is 17.5 Å². The highest BCUT2D eigenvalue weighted by atomic mass is 19.1. The van der Waals surface area contributed by atoms with Gasteiger partial charge in [0, 0.05) is 18.9 Å². The van der Waals surface area contributed by atoms with Gasteiger partial charge in [-0.3, -0.25) is 4.79 Å². The van der Waals surface area contributed by atoms with Crippen LogP contribution in [0.5, 0.6) is 5.75 Å². The number of rotatable bonds is 6. The van der Waals surface area contributed by atoms with Crippen LogP contribution >= 0.6 is 0 Å². The van der Waals surface area contributed by atoms with Crippen LogP contribution in [0.15, 0.2) is 42.5 Å². The third-order valence-corrected chi connectivity index (χ3v) is 2.96. The Morgan fingerprint density at radius 2 is 1.81 bits per heavy atom. The van der Waals surface area contributed by atoms with Crippen molar-refractivity contribution in [2.24, 2.45) is 0 Å². The topological polar surface area (TPSA) is 26.3 Å². The number of carbonyl (C=O) groups excluding carboxylic acids is 1. The molecule has 0 spiro atoms. The molecule has 0 fully saturated rings. The SMILES string of the molecule is Cc1cccc(OCCC(=O)Cc2cc(F)cc(F)c2)c1. The highest BCUT2D eigenvalue weighted by molar-refractivity contribution is 5.80. The van der Waals surface area contributed by atoms with Gasteiger partial charge in [-0.15, -0.1) is 0 Å². The van der Waals surface area contributed by atoms with E-state index in [1.807, 2.05) is 31.2 Å². The summed E-state index contributed by atoms with van der Waals surface area (Å²) in [5.74, 6) is -0.755. The minimum absolute atomic E-state index is 0.00581. The summed E-state index contributed by atoms with van der Waals surface area (Å²) in [6.45, 7) is 2.20. The van der Waals surface area contributed by atoms with Crippen molar-refractivity contribution in [3.63, 3.8) is 0 Å². The average Bonchev–Trinajstić information content (AvgIpc) is 2.37. The second kappa shape index (κ2) is 6.97. The molecule has 0 N–H and O–H groups in total. The predicted molar refractivity (Wildman–Crippen MR) is 76.4 cm³/mol. The molecule has 0 aliphatic rings. The minimum atomic E-state index is -0.672. The quantitative estimate of drug-likeness (QED) is 0.807. The number of carbonyl (C=O) groups is 1. The van der Waals surface area contributed by atoms with Gasteiger partial charge >= 0.3 is 0 Å². The Morgan fingerprint density at radius 3 is 2.48 bits per heavy atom. The Balaban J connectivity index is 1.82. The summed E-state index contributed by atoms with van der Waals surface area (Å²) >= 11 is 0. The van der Waals surface area contributed by atoms with Crippen molar-refractivity contribution in [1.82, 2.24) is 0 Å². The van der Waals surface area contributed by atoms with Crippen LogP contribution in [0.25, 0.3) is 0 Å². The van der Waals surface area contributed by atoms with Crippen LogP contribution in [-0.2, 0) is 11.2 Å². The number of ether oxygens (including phenoxy) is 1. The maximum absolute atomic E-state index is 13.0. The summed E-state index contributed by atoms with van der Waals surface area (Å²) < 4.78 is 31.5. The van der Waals surface area contributed by atoms with Crippen molar-refractivity contribution in [1.29, 1.82) is 0 Å². The Labute approximate surface area is 122 Å². The van der Waals surface area contributed by atoms with Gasteiger partial charge in [-0.2, -0.15) is 0 Å². The predicted octanol–water partition coefficient (Wildman–Crippen LogP) is 3.85. The van der Waals surface area contributed by atoms with E-state index >= 15 is 0 Å². The van der Waals surface area contributed by atoms with E-state index in [2.05, 4.69) is 0 Å². The van der Waals surface area contributed by atoms with Crippen LogP contribution in [0, 0.1) is 18.6 Å². The molecule has 0 aliphatic carbocycles. The number of hydrogen-bond donors (Lipinski definition) is 0. The zero-order valence-electron chi connectivity index (χ0n) is 11.7. The van der Waals surface area contributed by atoms with Crippen LogP contribution < -0.4 is 4.74 Å². The molecule has 0 unspecified atom stereocenters. The van der Waals surface area contributed by atoms with Gasteiger partial charge in [0.1, 0.15) is 23.2 Å². The largest absolute Gasteiger partial charge is 0.493 e. The summed E-state index contributed by atoms with van der Waals surface area (Å²) in [5.41, 5.74) is 1.42. The van der Waals surface area contributed by atoms with E-state index in [1.165, 1.54) is 12.1 Å². The highest BCUT2D eigenvalue weighted by Gasteiger charge is 2.07. The Kier molecular flexibility index (Phi) is 5.04. The molecule has 0 saturated carbocycles. The summed E-state index contributed by atoms with van der Waals surface area (Å²) in [5, 5.41) is 0. The van der Waals surface area contributed by atoms with Crippen molar-refractivity contribution in [2.45, 2.75) is 19.8 Å². The number of aryl methyl sites for hydroxylation is 1. The molecular formula is C17H16F2O2. The molecule has 2 aromatic rings. The second-order valence-corrected chi connectivity index (χ2v) is 4.91. The van der Waals surface area contributed by atoms with Crippen molar-refractivity contribution < 1.29 is 18.3 Å². The van der Waals surface area contributed by atoms with E-state index in [1.54, 1.807) is 0 Å². The van der Waals surface area contributed by atoms with Crippen LogP contribution in [-0.4, -0.2) is 12.4 Å². The first-order chi connectivity index (χ1) is 10.0. The number of benzene rings is 2. The molecule has 2 aromatic carbocycles. The number of hydrogen-bond acceptors (Lipinski definition) is 2. The Hall–Kier alpha value is -2.23. The molecular weight excluding hydrogens is 274 g/mol. The number of halogens is 2. The molecule has 21 heavy (non-hydrogen) atoms. The zero-order valence-corrected chi connectivity index (χ0v) is 11.7. The van der Waals surface area contributed by atoms with Crippen molar-refractivity contribution in [3.05, 3.63) is 65.2 Å². The van der Waals surface area contributed by atoms with Gasteiger partial charge in [-0.05, 0) is 42.3 Å². The number of Topliss-reactive ketones (excluding diaryl/α,β-unsaturated/α-hetero) is 1. The molecule has 0 atom stereocenters. The summed E-state index contributed by atoms with van der Waals surface area (Å²) in [4.78, 5) is 11.8. The molecule has 110 valence electrons. The molecule has 0 aromatic heterocycles. The lowest BCUT2D eigenvalue weighted by Crippen LogP contribution is -2.09. The minimum Gasteiger partial charge on any atom is -0.493 e. The van der Waals surface area contributed by atoms with E-state index < -0.39 is 11.6 Å². The first-order valence-corrected chi connectivity index (χ1v) is 6.69. The van der Waals surface area contributed by atoms with Crippen LogP contribution in [0.4, 0.5) is 8.78 Å². The van der Waals surface area contributed by atoms with Crippen molar-refractivity contribution in [2.75, 3.05) is 6.61 Å². The molecule has 0 heterocycles. The van der Waals surface area contributed by atoms with Gasteiger partial charge in [0.15, 0.2) is 0 Å². The van der Waals surface area contributed by atoms with Gasteiger partial charge in [0.05, 0.1) is 6.61 Å². The lowest BCUT2D eigenvalue weighted by molar-refractivity contribution is -0.118. The lowest BCUT2D eigenvalue weighted by atomic mass is 10.1. The van der Waals surface area contributed by atoms with Crippen LogP contribution in [0.2, 0.25) is 0 Å². The molecule has 0 bridgehead atoms. The summed E-state index contributed by atoms with van der Waals surface area (Å²) in [6.07, 6.45) is 0.206. The third-order valence-electron chi connectivity index (χ3n) is 2.96. The maximum atomic E-state index is 13.0. The van der Waals surface area contributed by atoms with Gasteiger partial charge in [0.2, 0.25) is 0 Å². The van der Waals surface area contributed by atoms with Gasteiger partial charge in [0.25, 0.3) is 0 Å². The Morgan fingerprint density at radius 1 is 1.10 bits per heavy atom. The molecule has 2 rings (SSSR count). The van der Waals surface area contributed by atoms with Gasteiger partial charge in [-0.1, -0.05) is 12.1 Å². The van der Waals surface area contributed by atoms with E-state index in [0.717, 1.165) is 11.6 Å². The van der Waals surface area contributed by atoms with Gasteiger partial charge < -0.3 is 4.74 Å². The third kappa shape index (κ3) is 4.99. The molecule has 4 heteroatoms. The molecule has 0 saturated heterocycles. The Bertz CT molecular complexity index is 618. The van der Waals surface area contributed by atoms with Crippen molar-refractivity contribution in [3.8, 4) is 5.75 Å². The molecule has 0 aliphatic heterocycles. The molecule has 2 nitrogen and oxygen atoms in total. The first-order valence-electron chi connectivity index (χ1n) is 6.69.